The lowest BCUT2D eigenvalue weighted by molar-refractivity contribution is -0.117. The van der Waals surface area contributed by atoms with Crippen LogP contribution in [0.5, 0.6) is 0 Å². The smallest absolute Gasteiger partial charge is 0.227 e. The minimum absolute atomic E-state index is 0.0478. The second-order valence-corrected chi connectivity index (χ2v) is 4.96. The van der Waals surface area contributed by atoms with Crippen molar-refractivity contribution >= 4 is 52.1 Å². The molecule has 92 valence electrons. The second kappa shape index (κ2) is 4.88. The van der Waals surface area contributed by atoms with Crippen molar-refractivity contribution in [1.82, 2.24) is 4.98 Å². The fourth-order valence-electron chi connectivity index (χ4n) is 1.86. The summed E-state index contributed by atoms with van der Waals surface area (Å²) in [5.41, 5.74) is 6.59. The quantitative estimate of drug-likeness (QED) is 0.673. The third-order valence-electron chi connectivity index (χ3n) is 2.64. The van der Waals surface area contributed by atoms with Gasteiger partial charge in [0, 0.05) is 24.9 Å². The van der Waals surface area contributed by atoms with Crippen LogP contribution in [0.4, 0.5) is 11.4 Å². The molecule has 7 heteroatoms. The highest BCUT2D eigenvalue weighted by molar-refractivity contribution is 6.35. The predicted molar refractivity (Wildman–Crippen MR) is 69.8 cm³/mol. The van der Waals surface area contributed by atoms with Crippen LogP contribution in [0.3, 0.4) is 0 Å². The minimum atomic E-state index is -0.0478. The monoisotopic (exact) mass is 293 g/mol. The SMILES string of the molecule is Nc1cc(Cl)nc(Cl)c1N1CC(CCl)CC1=O. The minimum Gasteiger partial charge on any atom is -0.397 e. The molecule has 2 N–H and O–H groups in total. The fourth-order valence-corrected chi connectivity index (χ4v) is 2.62. The van der Waals surface area contributed by atoms with E-state index in [0.29, 0.717) is 30.2 Å². The van der Waals surface area contributed by atoms with Gasteiger partial charge in [0.25, 0.3) is 0 Å². The van der Waals surface area contributed by atoms with Crippen molar-refractivity contribution in [1.29, 1.82) is 0 Å². The van der Waals surface area contributed by atoms with E-state index in [9.17, 15) is 4.79 Å². The summed E-state index contributed by atoms with van der Waals surface area (Å²) in [6, 6.07) is 1.48. The van der Waals surface area contributed by atoms with E-state index in [1.165, 1.54) is 11.0 Å². The lowest BCUT2D eigenvalue weighted by Crippen LogP contribution is -2.26. The molecule has 1 fully saturated rings. The highest BCUT2D eigenvalue weighted by Crippen LogP contribution is 2.36. The molecular weight excluding hydrogens is 284 g/mol. The van der Waals surface area contributed by atoms with Gasteiger partial charge in [0.1, 0.15) is 10.8 Å². The average molecular weight is 295 g/mol. The first-order valence-corrected chi connectivity index (χ1v) is 6.29. The van der Waals surface area contributed by atoms with Crippen LogP contribution in [-0.4, -0.2) is 23.3 Å². The van der Waals surface area contributed by atoms with Gasteiger partial charge in [-0.2, -0.15) is 0 Å². The van der Waals surface area contributed by atoms with E-state index in [1.807, 2.05) is 0 Å². The number of halogens is 3. The lowest BCUT2D eigenvalue weighted by atomic mass is 10.1. The standard InChI is InChI=1S/C10H10Cl3N3O/c11-3-5-1-8(17)16(4-5)9-6(14)2-7(12)15-10(9)13/h2,5H,1,3-4H2,(H2,14,15). The van der Waals surface area contributed by atoms with Gasteiger partial charge < -0.3 is 10.6 Å². The maximum absolute atomic E-state index is 11.8. The Labute approximate surface area is 114 Å². The zero-order valence-corrected chi connectivity index (χ0v) is 11.1. The van der Waals surface area contributed by atoms with Gasteiger partial charge in [0.05, 0.1) is 5.69 Å². The molecule has 0 aliphatic carbocycles. The van der Waals surface area contributed by atoms with E-state index in [-0.39, 0.29) is 22.1 Å². The molecular formula is C10H10Cl3N3O. The summed E-state index contributed by atoms with van der Waals surface area (Å²) in [5, 5.41) is 0.343. The van der Waals surface area contributed by atoms with Gasteiger partial charge in [0.15, 0.2) is 5.15 Å². The van der Waals surface area contributed by atoms with Gasteiger partial charge >= 0.3 is 0 Å². The van der Waals surface area contributed by atoms with Crippen LogP contribution in [0.25, 0.3) is 0 Å². The lowest BCUT2D eigenvalue weighted by Gasteiger charge is -2.19. The third-order valence-corrected chi connectivity index (χ3v) is 3.54. The molecule has 1 aromatic rings. The van der Waals surface area contributed by atoms with Gasteiger partial charge in [0.2, 0.25) is 5.91 Å². The molecule has 1 aromatic heterocycles. The van der Waals surface area contributed by atoms with Gasteiger partial charge in [-0.15, -0.1) is 11.6 Å². The van der Waals surface area contributed by atoms with E-state index < -0.39 is 0 Å². The number of pyridine rings is 1. The van der Waals surface area contributed by atoms with Crippen LogP contribution in [0, 0.1) is 5.92 Å². The van der Waals surface area contributed by atoms with Crippen molar-refractivity contribution in [2.24, 2.45) is 5.92 Å². The number of carbonyl (C=O) groups excluding carboxylic acids is 1. The van der Waals surface area contributed by atoms with Crippen LogP contribution in [-0.2, 0) is 4.79 Å². The fraction of sp³-hybridized carbons (Fsp3) is 0.400. The molecule has 1 aliphatic heterocycles. The highest BCUT2D eigenvalue weighted by Gasteiger charge is 2.32. The molecule has 1 unspecified atom stereocenters. The molecule has 4 nitrogen and oxygen atoms in total. The number of carbonyl (C=O) groups is 1. The number of nitrogen functional groups attached to an aromatic ring is 1. The second-order valence-electron chi connectivity index (χ2n) is 3.90. The number of aromatic nitrogens is 1. The summed E-state index contributed by atoms with van der Waals surface area (Å²) in [6.07, 6.45) is 0.405. The van der Waals surface area contributed by atoms with E-state index in [2.05, 4.69) is 4.98 Å². The highest BCUT2D eigenvalue weighted by atomic mass is 35.5. The summed E-state index contributed by atoms with van der Waals surface area (Å²) in [7, 11) is 0. The number of rotatable bonds is 2. The van der Waals surface area contributed by atoms with Gasteiger partial charge in [-0.25, -0.2) is 4.98 Å². The van der Waals surface area contributed by atoms with Gasteiger partial charge in [-0.3, -0.25) is 4.79 Å². The zero-order valence-electron chi connectivity index (χ0n) is 8.79. The summed E-state index contributed by atoms with van der Waals surface area (Å²) in [4.78, 5) is 17.2. The molecule has 0 spiro atoms. The first-order chi connectivity index (χ1) is 8.02. The third kappa shape index (κ3) is 2.44. The molecule has 1 amide bonds. The molecule has 0 radical (unpaired) electrons. The summed E-state index contributed by atoms with van der Waals surface area (Å²) < 4.78 is 0. The molecule has 0 bridgehead atoms. The van der Waals surface area contributed by atoms with E-state index in [0.717, 1.165) is 0 Å². The summed E-state index contributed by atoms with van der Waals surface area (Å²) in [6.45, 7) is 0.509. The normalized spacial score (nSPS) is 20.1. The molecule has 2 heterocycles. The molecule has 17 heavy (non-hydrogen) atoms. The number of amides is 1. The van der Waals surface area contributed by atoms with E-state index in [1.54, 1.807) is 0 Å². The van der Waals surface area contributed by atoms with E-state index in [4.69, 9.17) is 40.5 Å². The van der Waals surface area contributed by atoms with Crippen LogP contribution in [0.2, 0.25) is 10.3 Å². The van der Waals surface area contributed by atoms with Crippen molar-refractivity contribution in [3.05, 3.63) is 16.4 Å². The summed E-state index contributed by atoms with van der Waals surface area (Å²) >= 11 is 17.4. The van der Waals surface area contributed by atoms with Crippen LogP contribution >= 0.6 is 34.8 Å². The zero-order chi connectivity index (χ0) is 12.6. The van der Waals surface area contributed by atoms with Gasteiger partial charge in [-0.05, 0) is 5.92 Å². The molecule has 2 rings (SSSR count). The summed E-state index contributed by atoms with van der Waals surface area (Å²) in [5.74, 6) is 0.504. The maximum Gasteiger partial charge on any atom is 0.227 e. The molecule has 1 aliphatic rings. The number of hydrogen-bond acceptors (Lipinski definition) is 3. The largest absolute Gasteiger partial charge is 0.397 e. The number of hydrogen-bond donors (Lipinski definition) is 1. The van der Waals surface area contributed by atoms with Crippen molar-refractivity contribution in [3.8, 4) is 0 Å². The molecule has 1 saturated heterocycles. The topological polar surface area (TPSA) is 59.2 Å². The molecule has 0 saturated carbocycles. The number of nitrogens with zero attached hydrogens (tertiary/aromatic N) is 2. The Balaban J connectivity index is 2.38. The van der Waals surface area contributed by atoms with Crippen LogP contribution in [0.15, 0.2) is 6.07 Å². The molecule has 1 atom stereocenters. The number of nitrogens with two attached hydrogens (primary N) is 1. The van der Waals surface area contributed by atoms with Crippen molar-refractivity contribution in [2.75, 3.05) is 23.1 Å². The van der Waals surface area contributed by atoms with Gasteiger partial charge in [-0.1, -0.05) is 23.2 Å². The van der Waals surface area contributed by atoms with Crippen molar-refractivity contribution in [2.45, 2.75) is 6.42 Å². The Morgan fingerprint density at radius 3 is 2.76 bits per heavy atom. The van der Waals surface area contributed by atoms with Crippen LogP contribution in [0.1, 0.15) is 6.42 Å². The Hall–Kier alpha value is -0.710. The first-order valence-electron chi connectivity index (χ1n) is 5.00. The number of alkyl halides is 1. The number of anilines is 2. The van der Waals surface area contributed by atoms with Crippen LogP contribution < -0.4 is 10.6 Å². The maximum atomic E-state index is 11.8. The Morgan fingerprint density at radius 2 is 2.24 bits per heavy atom. The predicted octanol–water partition coefficient (Wildman–Crippen LogP) is 2.56. The molecule has 0 aromatic carbocycles. The Morgan fingerprint density at radius 1 is 1.53 bits per heavy atom. The van der Waals surface area contributed by atoms with E-state index >= 15 is 0 Å². The van der Waals surface area contributed by atoms with Crippen molar-refractivity contribution in [3.63, 3.8) is 0 Å². The first kappa shape index (κ1) is 12.7. The van der Waals surface area contributed by atoms with Crippen molar-refractivity contribution < 1.29 is 4.79 Å². The Kier molecular flexibility index (Phi) is 3.66. The average Bonchev–Trinajstić information content (AvgIpc) is 2.59. The Bertz CT molecular complexity index is 443.